The van der Waals surface area contributed by atoms with E-state index in [1.54, 1.807) is 6.08 Å². The molecule has 0 unspecified atom stereocenters. The van der Waals surface area contributed by atoms with Crippen molar-refractivity contribution in [3.63, 3.8) is 0 Å². The van der Waals surface area contributed by atoms with Gasteiger partial charge in [0, 0.05) is 17.8 Å². The molecule has 116 valence electrons. The summed E-state index contributed by atoms with van der Waals surface area (Å²) < 4.78 is 1.93. The van der Waals surface area contributed by atoms with Crippen LogP contribution in [0, 0.1) is 6.92 Å². The Morgan fingerprint density at radius 2 is 1.96 bits per heavy atom. The lowest BCUT2D eigenvalue weighted by Crippen LogP contribution is -1.92. The number of fused-ring (bicyclic) bond motifs is 1. The van der Waals surface area contributed by atoms with Crippen molar-refractivity contribution in [2.45, 2.75) is 20.3 Å². The van der Waals surface area contributed by atoms with Gasteiger partial charge in [-0.25, -0.2) is 9.78 Å². The Kier molecular flexibility index (Phi) is 3.98. The highest BCUT2D eigenvalue weighted by molar-refractivity contribution is 5.87. The van der Waals surface area contributed by atoms with Crippen molar-refractivity contribution in [3.8, 4) is 11.3 Å². The van der Waals surface area contributed by atoms with E-state index < -0.39 is 5.97 Å². The van der Waals surface area contributed by atoms with Gasteiger partial charge in [0.05, 0.1) is 11.4 Å². The SMILES string of the molecule is CCc1ccc(-c2nc3ccc(C)cn3c2/C=C/C(=O)O)cc1. The van der Waals surface area contributed by atoms with E-state index in [4.69, 9.17) is 5.11 Å². The minimum absolute atomic E-state index is 0.773. The average molecular weight is 306 g/mol. The standard InChI is InChI=1S/C19H18N2O2/c1-3-14-5-7-15(8-6-14)19-16(9-11-18(22)23)21-12-13(2)4-10-17(21)20-19/h4-12H,3H2,1-2H3,(H,22,23)/b11-9+. The van der Waals surface area contributed by atoms with Crippen LogP contribution in [-0.2, 0) is 11.2 Å². The van der Waals surface area contributed by atoms with Crippen molar-refractivity contribution in [1.29, 1.82) is 0 Å². The Hall–Kier alpha value is -2.88. The number of hydrogen-bond donors (Lipinski definition) is 1. The molecule has 0 saturated carbocycles. The molecule has 0 saturated heterocycles. The zero-order valence-electron chi connectivity index (χ0n) is 13.2. The van der Waals surface area contributed by atoms with E-state index in [2.05, 4.69) is 24.0 Å². The summed E-state index contributed by atoms with van der Waals surface area (Å²) in [5, 5.41) is 8.95. The van der Waals surface area contributed by atoms with Crippen LogP contribution >= 0.6 is 0 Å². The number of aryl methyl sites for hydroxylation is 2. The van der Waals surface area contributed by atoms with Gasteiger partial charge >= 0.3 is 5.97 Å². The van der Waals surface area contributed by atoms with Crippen molar-refractivity contribution >= 4 is 17.7 Å². The van der Waals surface area contributed by atoms with Crippen molar-refractivity contribution < 1.29 is 9.90 Å². The van der Waals surface area contributed by atoms with Gasteiger partial charge in [-0.15, -0.1) is 0 Å². The second-order valence-corrected chi connectivity index (χ2v) is 5.50. The van der Waals surface area contributed by atoms with Gasteiger partial charge in [-0.05, 0) is 36.6 Å². The Morgan fingerprint density at radius 1 is 1.22 bits per heavy atom. The van der Waals surface area contributed by atoms with Crippen LogP contribution in [0.4, 0.5) is 0 Å². The molecule has 0 bridgehead atoms. The molecule has 3 aromatic rings. The number of aromatic nitrogens is 2. The molecule has 1 N–H and O–H groups in total. The van der Waals surface area contributed by atoms with E-state index in [1.807, 2.05) is 41.8 Å². The molecule has 0 aliphatic heterocycles. The Bertz CT molecular complexity index is 890. The quantitative estimate of drug-likeness (QED) is 0.742. The molecule has 4 nitrogen and oxygen atoms in total. The fraction of sp³-hybridized carbons (Fsp3) is 0.158. The molecular weight excluding hydrogens is 288 g/mol. The zero-order chi connectivity index (χ0) is 16.4. The molecule has 0 aliphatic rings. The minimum atomic E-state index is -0.972. The first kappa shape index (κ1) is 15.0. The molecule has 0 fully saturated rings. The van der Waals surface area contributed by atoms with Gasteiger partial charge < -0.3 is 5.11 Å². The first-order valence-electron chi connectivity index (χ1n) is 7.57. The molecule has 0 amide bonds. The number of hydrogen-bond acceptors (Lipinski definition) is 2. The summed E-state index contributed by atoms with van der Waals surface area (Å²) >= 11 is 0. The number of nitrogens with zero attached hydrogens (tertiary/aromatic N) is 2. The van der Waals surface area contributed by atoms with Crippen molar-refractivity contribution in [1.82, 2.24) is 9.38 Å². The van der Waals surface area contributed by atoms with Crippen molar-refractivity contribution in [3.05, 3.63) is 65.5 Å². The van der Waals surface area contributed by atoms with Crippen LogP contribution in [0.15, 0.2) is 48.7 Å². The van der Waals surface area contributed by atoms with E-state index in [0.717, 1.165) is 40.7 Å². The summed E-state index contributed by atoms with van der Waals surface area (Å²) in [4.78, 5) is 15.6. The summed E-state index contributed by atoms with van der Waals surface area (Å²) in [6, 6.07) is 12.2. The molecule has 1 aromatic carbocycles. The lowest BCUT2D eigenvalue weighted by atomic mass is 10.1. The van der Waals surface area contributed by atoms with Crippen LogP contribution in [0.25, 0.3) is 23.0 Å². The fourth-order valence-corrected chi connectivity index (χ4v) is 2.59. The molecule has 3 rings (SSSR count). The third kappa shape index (κ3) is 3.01. The van der Waals surface area contributed by atoms with Crippen LogP contribution in [0.3, 0.4) is 0 Å². The summed E-state index contributed by atoms with van der Waals surface area (Å²) in [6.07, 6.45) is 5.70. The second-order valence-electron chi connectivity index (χ2n) is 5.50. The summed E-state index contributed by atoms with van der Waals surface area (Å²) in [5.74, 6) is -0.972. The summed E-state index contributed by atoms with van der Waals surface area (Å²) in [7, 11) is 0. The van der Waals surface area contributed by atoms with Gasteiger partial charge in [0.2, 0.25) is 0 Å². The highest BCUT2D eigenvalue weighted by atomic mass is 16.4. The summed E-state index contributed by atoms with van der Waals surface area (Å²) in [5.41, 5.74) is 5.69. The molecular formula is C19H18N2O2. The Labute approximate surface area is 134 Å². The molecule has 0 aliphatic carbocycles. The van der Waals surface area contributed by atoms with Crippen LogP contribution < -0.4 is 0 Å². The van der Waals surface area contributed by atoms with Gasteiger partial charge in [-0.1, -0.05) is 37.3 Å². The number of carboxylic acids is 1. The van der Waals surface area contributed by atoms with E-state index in [-0.39, 0.29) is 0 Å². The number of carbonyl (C=O) groups is 1. The van der Waals surface area contributed by atoms with Crippen LogP contribution in [0.5, 0.6) is 0 Å². The predicted molar refractivity (Wildman–Crippen MR) is 91.4 cm³/mol. The molecule has 4 heteroatoms. The molecule has 0 atom stereocenters. The first-order valence-corrected chi connectivity index (χ1v) is 7.57. The summed E-state index contributed by atoms with van der Waals surface area (Å²) in [6.45, 7) is 4.11. The van der Waals surface area contributed by atoms with Crippen LogP contribution in [-0.4, -0.2) is 20.5 Å². The lowest BCUT2D eigenvalue weighted by Gasteiger charge is -2.03. The normalized spacial score (nSPS) is 11.4. The van der Waals surface area contributed by atoms with Crippen LogP contribution in [0.1, 0.15) is 23.7 Å². The molecule has 2 aromatic heterocycles. The van der Waals surface area contributed by atoms with E-state index in [0.29, 0.717) is 0 Å². The third-order valence-corrected chi connectivity index (χ3v) is 3.82. The molecule has 2 heterocycles. The number of pyridine rings is 1. The smallest absolute Gasteiger partial charge is 0.328 e. The number of imidazole rings is 1. The fourth-order valence-electron chi connectivity index (χ4n) is 2.59. The van der Waals surface area contributed by atoms with Crippen LogP contribution in [0.2, 0.25) is 0 Å². The Morgan fingerprint density at radius 3 is 2.61 bits per heavy atom. The number of rotatable bonds is 4. The number of aliphatic carboxylic acids is 1. The highest BCUT2D eigenvalue weighted by Gasteiger charge is 2.12. The number of carboxylic acid groups (broad SMARTS) is 1. The average Bonchev–Trinajstić information content (AvgIpc) is 2.90. The second kappa shape index (κ2) is 6.08. The van der Waals surface area contributed by atoms with E-state index >= 15 is 0 Å². The van der Waals surface area contributed by atoms with Gasteiger partial charge in [0.1, 0.15) is 5.65 Å². The third-order valence-electron chi connectivity index (χ3n) is 3.82. The van der Waals surface area contributed by atoms with Gasteiger partial charge in [-0.3, -0.25) is 4.40 Å². The van der Waals surface area contributed by atoms with Gasteiger partial charge in [0.25, 0.3) is 0 Å². The lowest BCUT2D eigenvalue weighted by molar-refractivity contribution is -0.131. The van der Waals surface area contributed by atoms with E-state index in [1.165, 1.54) is 5.56 Å². The predicted octanol–water partition coefficient (Wildman–Crippen LogP) is 3.97. The first-order chi connectivity index (χ1) is 11.1. The van der Waals surface area contributed by atoms with Crippen molar-refractivity contribution in [2.75, 3.05) is 0 Å². The van der Waals surface area contributed by atoms with Gasteiger partial charge in [-0.2, -0.15) is 0 Å². The maximum absolute atomic E-state index is 10.9. The Balaban J connectivity index is 2.21. The largest absolute Gasteiger partial charge is 0.478 e. The highest BCUT2D eigenvalue weighted by Crippen LogP contribution is 2.26. The van der Waals surface area contributed by atoms with E-state index in [9.17, 15) is 4.79 Å². The maximum atomic E-state index is 10.9. The minimum Gasteiger partial charge on any atom is -0.478 e. The topological polar surface area (TPSA) is 54.6 Å². The van der Waals surface area contributed by atoms with Gasteiger partial charge in [0.15, 0.2) is 0 Å². The molecule has 0 spiro atoms. The molecule has 0 radical (unpaired) electrons. The zero-order valence-corrected chi connectivity index (χ0v) is 13.2. The number of benzene rings is 1. The monoisotopic (exact) mass is 306 g/mol. The maximum Gasteiger partial charge on any atom is 0.328 e. The van der Waals surface area contributed by atoms with Crippen molar-refractivity contribution in [2.24, 2.45) is 0 Å². The molecule has 23 heavy (non-hydrogen) atoms.